The second kappa shape index (κ2) is 7.24. The highest BCUT2D eigenvalue weighted by molar-refractivity contribution is 5.98. The van der Waals surface area contributed by atoms with Crippen molar-refractivity contribution in [3.63, 3.8) is 0 Å². The number of hydrogen-bond acceptors (Lipinski definition) is 4. The van der Waals surface area contributed by atoms with Crippen molar-refractivity contribution in [2.45, 2.75) is 31.4 Å². The standard InChI is InChI=1S/C22H27N2O3/c1-26-18-13-11-17(12-14-18)22(25)16-23-15-7-3-4-10-21(23)24(22)19-8-5-6-9-20(19)27-2/h5-6,8-9,11-14,25H,3-4,7,10,15-16H2,1-2H3/q+1. The van der Waals surface area contributed by atoms with Crippen LogP contribution in [0.15, 0.2) is 48.5 Å². The molecule has 0 saturated carbocycles. The molecule has 0 aromatic heterocycles. The molecule has 142 valence electrons. The third-order valence-electron chi connectivity index (χ3n) is 5.61. The number of ether oxygens (including phenoxy) is 2. The zero-order valence-electron chi connectivity index (χ0n) is 16.0. The Kier molecular flexibility index (Phi) is 4.79. The highest BCUT2D eigenvalue weighted by atomic mass is 16.5. The van der Waals surface area contributed by atoms with Crippen LogP contribution in [0.1, 0.15) is 31.2 Å². The molecule has 2 aromatic rings. The zero-order valence-corrected chi connectivity index (χ0v) is 16.0. The van der Waals surface area contributed by atoms with E-state index in [4.69, 9.17) is 9.47 Å². The first-order valence-corrected chi connectivity index (χ1v) is 9.58. The first-order valence-electron chi connectivity index (χ1n) is 9.58. The van der Waals surface area contributed by atoms with Crippen LogP contribution in [-0.2, 0) is 5.72 Å². The number of nitrogens with zero attached hydrogens (tertiary/aromatic N) is 2. The molecule has 1 unspecified atom stereocenters. The minimum Gasteiger partial charge on any atom is -0.497 e. The monoisotopic (exact) mass is 367 g/mol. The fraction of sp³-hybridized carbons (Fsp3) is 0.409. The maximum Gasteiger partial charge on any atom is 0.275 e. The Bertz CT molecular complexity index is 847. The van der Waals surface area contributed by atoms with Gasteiger partial charge >= 0.3 is 0 Å². The summed E-state index contributed by atoms with van der Waals surface area (Å²) in [5.41, 5.74) is 0.612. The van der Waals surface area contributed by atoms with Gasteiger partial charge in [-0.15, -0.1) is 0 Å². The smallest absolute Gasteiger partial charge is 0.275 e. The first kappa shape index (κ1) is 17.9. The van der Waals surface area contributed by atoms with E-state index in [0.717, 1.165) is 48.6 Å². The van der Waals surface area contributed by atoms with Gasteiger partial charge < -0.3 is 14.6 Å². The largest absolute Gasteiger partial charge is 0.497 e. The summed E-state index contributed by atoms with van der Waals surface area (Å²) in [6, 6.07) is 15.6. The van der Waals surface area contributed by atoms with Crippen molar-refractivity contribution in [1.82, 2.24) is 0 Å². The van der Waals surface area contributed by atoms with Crippen molar-refractivity contribution in [2.75, 3.05) is 32.2 Å². The number of anilines is 1. The van der Waals surface area contributed by atoms with Crippen LogP contribution in [0.5, 0.6) is 11.5 Å². The van der Waals surface area contributed by atoms with Crippen LogP contribution in [0.3, 0.4) is 0 Å². The van der Waals surface area contributed by atoms with Crippen LogP contribution in [0.2, 0.25) is 0 Å². The van der Waals surface area contributed by atoms with Gasteiger partial charge in [-0.1, -0.05) is 12.1 Å². The predicted molar refractivity (Wildman–Crippen MR) is 106 cm³/mol. The van der Waals surface area contributed by atoms with E-state index in [2.05, 4.69) is 9.48 Å². The lowest BCUT2D eigenvalue weighted by Crippen LogP contribution is -2.47. The first-order chi connectivity index (χ1) is 13.2. The van der Waals surface area contributed by atoms with Crippen LogP contribution in [0.25, 0.3) is 0 Å². The van der Waals surface area contributed by atoms with Gasteiger partial charge in [0.05, 0.1) is 20.8 Å². The molecule has 0 aliphatic carbocycles. The number of aliphatic hydroxyl groups is 1. The lowest BCUT2D eigenvalue weighted by Gasteiger charge is -2.30. The third kappa shape index (κ3) is 3.06. The molecule has 1 atom stereocenters. The Morgan fingerprint density at radius 1 is 0.963 bits per heavy atom. The Labute approximate surface area is 160 Å². The van der Waals surface area contributed by atoms with E-state index in [1.807, 2.05) is 48.5 Å². The predicted octanol–water partition coefficient (Wildman–Crippen LogP) is 3.35. The van der Waals surface area contributed by atoms with Gasteiger partial charge in [0, 0.05) is 12.0 Å². The molecule has 0 radical (unpaired) electrons. The highest BCUT2D eigenvalue weighted by Crippen LogP contribution is 2.41. The van der Waals surface area contributed by atoms with E-state index in [0.29, 0.717) is 6.54 Å². The summed E-state index contributed by atoms with van der Waals surface area (Å²) in [5, 5.41) is 11.9. The van der Waals surface area contributed by atoms with Crippen molar-refractivity contribution < 1.29 is 19.2 Å². The number of hydrogen-bond donors (Lipinski definition) is 1. The fourth-order valence-electron chi connectivity index (χ4n) is 4.25. The minimum atomic E-state index is -1.15. The van der Waals surface area contributed by atoms with Gasteiger partial charge in [0.2, 0.25) is 0 Å². The average molecular weight is 367 g/mol. The quantitative estimate of drug-likeness (QED) is 0.842. The minimum absolute atomic E-state index is 0.548. The van der Waals surface area contributed by atoms with Gasteiger partial charge in [-0.25, -0.2) is 0 Å². The van der Waals surface area contributed by atoms with Crippen LogP contribution in [-0.4, -0.2) is 42.8 Å². The molecule has 2 aliphatic heterocycles. The summed E-state index contributed by atoms with van der Waals surface area (Å²) in [6.07, 6.45) is 4.47. The lowest BCUT2D eigenvalue weighted by atomic mass is 9.99. The Morgan fingerprint density at radius 2 is 1.74 bits per heavy atom. The van der Waals surface area contributed by atoms with E-state index in [-0.39, 0.29) is 0 Å². The normalized spacial score (nSPS) is 22.4. The second-order valence-corrected chi connectivity index (χ2v) is 7.20. The van der Waals surface area contributed by atoms with Gasteiger partial charge in [-0.05, 0) is 55.7 Å². The van der Waals surface area contributed by atoms with Crippen molar-refractivity contribution in [3.05, 3.63) is 54.1 Å². The molecule has 27 heavy (non-hydrogen) atoms. The summed E-state index contributed by atoms with van der Waals surface area (Å²) in [5.74, 6) is 2.73. The molecule has 1 N–H and O–H groups in total. The molecule has 5 nitrogen and oxygen atoms in total. The molecule has 4 rings (SSSR count). The van der Waals surface area contributed by atoms with Gasteiger partial charge in [-0.2, -0.15) is 4.90 Å². The molecule has 2 aliphatic rings. The van der Waals surface area contributed by atoms with Gasteiger partial charge in [0.25, 0.3) is 11.6 Å². The summed E-state index contributed by atoms with van der Waals surface area (Å²) < 4.78 is 13.3. The van der Waals surface area contributed by atoms with Crippen LogP contribution < -0.4 is 14.4 Å². The van der Waals surface area contributed by atoms with E-state index in [9.17, 15) is 5.11 Å². The lowest BCUT2D eigenvalue weighted by molar-refractivity contribution is -0.534. The number of amidine groups is 1. The van der Waals surface area contributed by atoms with Crippen molar-refractivity contribution in [3.8, 4) is 11.5 Å². The Morgan fingerprint density at radius 3 is 2.48 bits per heavy atom. The number of para-hydroxylation sites is 2. The summed E-state index contributed by atoms with van der Waals surface area (Å²) in [7, 11) is 3.33. The summed E-state index contributed by atoms with van der Waals surface area (Å²) in [6.45, 7) is 1.52. The maximum absolute atomic E-state index is 11.9. The molecule has 0 amide bonds. The molecular weight excluding hydrogens is 340 g/mol. The number of methoxy groups -OCH3 is 2. The molecular formula is C22H27N2O3+. The van der Waals surface area contributed by atoms with Crippen molar-refractivity contribution in [2.24, 2.45) is 0 Å². The Balaban J connectivity index is 1.85. The van der Waals surface area contributed by atoms with E-state index >= 15 is 0 Å². The Hall–Kier alpha value is -2.53. The SMILES string of the molecule is COc1ccc(C2(O)C[N+]3=C(CCCCC3)N2c2ccccc2OC)cc1. The van der Waals surface area contributed by atoms with Crippen molar-refractivity contribution >= 4 is 11.5 Å². The average Bonchev–Trinajstić information content (AvgIpc) is 2.83. The molecule has 0 spiro atoms. The molecule has 0 bridgehead atoms. The van der Waals surface area contributed by atoms with Crippen molar-refractivity contribution in [1.29, 1.82) is 0 Å². The molecule has 5 heteroatoms. The molecule has 0 fully saturated rings. The summed E-state index contributed by atoms with van der Waals surface area (Å²) >= 11 is 0. The zero-order chi connectivity index (χ0) is 18.9. The third-order valence-corrected chi connectivity index (χ3v) is 5.61. The maximum atomic E-state index is 11.9. The van der Waals surface area contributed by atoms with Crippen LogP contribution in [0.4, 0.5) is 5.69 Å². The van der Waals surface area contributed by atoms with Crippen LogP contribution >= 0.6 is 0 Å². The van der Waals surface area contributed by atoms with E-state index in [1.54, 1.807) is 14.2 Å². The van der Waals surface area contributed by atoms with E-state index < -0.39 is 5.72 Å². The number of rotatable bonds is 4. The van der Waals surface area contributed by atoms with Gasteiger partial charge in [0.1, 0.15) is 5.75 Å². The van der Waals surface area contributed by atoms with E-state index in [1.165, 1.54) is 12.3 Å². The van der Waals surface area contributed by atoms with Gasteiger partial charge in [0.15, 0.2) is 18.0 Å². The topological polar surface area (TPSA) is 44.9 Å². The van der Waals surface area contributed by atoms with Gasteiger partial charge in [-0.3, -0.25) is 4.58 Å². The number of benzene rings is 2. The van der Waals surface area contributed by atoms with Crippen LogP contribution in [0, 0.1) is 0 Å². The fourth-order valence-corrected chi connectivity index (χ4v) is 4.25. The molecule has 0 saturated heterocycles. The molecule has 2 heterocycles. The molecule has 2 aromatic carbocycles. The highest BCUT2D eigenvalue weighted by Gasteiger charge is 2.54. The summed E-state index contributed by atoms with van der Waals surface area (Å²) in [4.78, 5) is 2.08. The second-order valence-electron chi connectivity index (χ2n) is 7.20.